The summed E-state index contributed by atoms with van der Waals surface area (Å²) in [6, 6.07) is 4.00. The van der Waals surface area contributed by atoms with Gasteiger partial charge in [-0.3, -0.25) is 19.5 Å². The van der Waals surface area contributed by atoms with E-state index < -0.39 is 10.7 Å². The number of benzene rings is 1. The Bertz CT molecular complexity index is 830. The number of aromatic nitrogens is 1. The fourth-order valence-electron chi connectivity index (χ4n) is 3.14. The summed E-state index contributed by atoms with van der Waals surface area (Å²) in [5.41, 5.74) is 0.324. The summed E-state index contributed by atoms with van der Waals surface area (Å²) in [4.78, 5) is 34.5. The third-order valence-electron chi connectivity index (χ3n) is 4.54. The van der Waals surface area contributed by atoms with Crippen molar-refractivity contribution in [2.75, 3.05) is 0 Å². The second-order valence-electron chi connectivity index (χ2n) is 6.39. The van der Waals surface area contributed by atoms with Gasteiger partial charge >= 0.3 is 5.76 Å². The standard InChI is InChI=1S/C16H19N3O5/c1-10-2-4-11(5-3-10)17-15(20)9-18-13-8-12(19(22)23)6-7-14(13)24-16(18)21/h6-8,10-11H,2-5,9H2,1H3,(H,17,20). The van der Waals surface area contributed by atoms with E-state index in [9.17, 15) is 19.7 Å². The molecule has 1 aromatic carbocycles. The van der Waals surface area contributed by atoms with Crippen molar-refractivity contribution in [3.8, 4) is 0 Å². The van der Waals surface area contributed by atoms with Crippen LogP contribution >= 0.6 is 0 Å². The van der Waals surface area contributed by atoms with Crippen molar-refractivity contribution < 1.29 is 14.1 Å². The minimum atomic E-state index is -0.696. The average Bonchev–Trinajstić information content (AvgIpc) is 2.84. The number of carbonyl (C=O) groups excluding carboxylic acids is 1. The summed E-state index contributed by atoms with van der Waals surface area (Å²) in [6.45, 7) is 1.99. The van der Waals surface area contributed by atoms with Crippen molar-refractivity contribution in [1.82, 2.24) is 9.88 Å². The lowest BCUT2D eigenvalue weighted by atomic mass is 9.87. The number of nitro benzene ring substituents is 1. The van der Waals surface area contributed by atoms with Crippen molar-refractivity contribution in [2.24, 2.45) is 5.92 Å². The zero-order chi connectivity index (χ0) is 17.3. The molecule has 8 nitrogen and oxygen atoms in total. The Labute approximate surface area is 137 Å². The van der Waals surface area contributed by atoms with Crippen LogP contribution in [0.1, 0.15) is 32.6 Å². The molecule has 1 aromatic heterocycles. The number of nitro groups is 1. The monoisotopic (exact) mass is 333 g/mol. The van der Waals surface area contributed by atoms with Gasteiger partial charge in [0.25, 0.3) is 5.69 Å². The molecule has 1 fully saturated rings. The number of nitrogens with one attached hydrogen (secondary N) is 1. The molecular formula is C16H19N3O5. The van der Waals surface area contributed by atoms with Crippen LogP contribution in [0.3, 0.4) is 0 Å². The minimum absolute atomic E-state index is 0.122. The minimum Gasteiger partial charge on any atom is -0.408 e. The highest BCUT2D eigenvalue weighted by Gasteiger charge is 2.21. The Balaban J connectivity index is 1.77. The maximum absolute atomic E-state index is 12.2. The average molecular weight is 333 g/mol. The quantitative estimate of drug-likeness (QED) is 0.681. The lowest BCUT2D eigenvalue weighted by Gasteiger charge is -2.26. The lowest BCUT2D eigenvalue weighted by molar-refractivity contribution is -0.384. The fraction of sp³-hybridized carbons (Fsp3) is 0.500. The zero-order valence-corrected chi connectivity index (χ0v) is 13.4. The topological polar surface area (TPSA) is 107 Å². The van der Waals surface area contributed by atoms with Gasteiger partial charge in [-0.2, -0.15) is 0 Å². The largest absolute Gasteiger partial charge is 0.420 e. The van der Waals surface area contributed by atoms with Gasteiger partial charge in [0.1, 0.15) is 6.54 Å². The summed E-state index contributed by atoms with van der Waals surface area (Å²) in [5.74, 6) is -0.303. The molecule has 1 N–H and O–H groups in total. The highest BCUT2D eigenvalue weighted by atomic mass is 16.6. The van der Waals surface area contributed by atoms with E-state index in [0.29, 0.717) is 5.92 Å². The van der Waals surface area contributed by atoms with Crippen molar-refractivity contribution in [3.05, 3.63) is 38.9 Å². The summed E-state index contributed by atoms with van der Waals surface area (Å²) >= 11 is 0. The molecule has 0 atom stereocenters. The molecule has 24 heavy (non-hydrogen) atoms. The van der Waals surface area contributed by atoms with Crippen molar-refractivity contribution in [3.63, 3.8) is 0 Å². The van der Waals surface area contributed by atoms with Crippen LogP contribution < -0.4 is 11.1 Å². The number of nitrogens with zero attached hydrogens (tertiary/aromatic N) is 2. The molecule has 0 radical (unpaired) electrons. The highest BCUT2D eigenvalue weighted by molar-refractivity contribution is 5.80. The SMILES string of the molecule is CC1CCC(NC(=O)Cn2c(=O)oc3ccc([N+](=O)[O-])cc32)CC1. The zero-order valence-electron chi connectivity index (χ0n) is 13.4. The molecule has 1 heterocycles. The van der Waals surface area contributed by atoms with Crippen molar-refractivity contribution in [2.45, 2.75) is 45.2 Å². The third kappa shape index (κ3) is 3.32. The van der Waals surface area contributed by atoms with Gasteiger partial charge in [0, 0.05) is 18.2 Å². The smallest absolute Gasteiger partial charge is 0.408 e. The van der Waals surface area contributed by atoms with Gasteiger partial charge in [-0.25, -0.2) is 4.79 Å². The van der Waals surface area contributed by atoms with E-state index in [0.717, 1.165) is 30.3 Å². The first-order chi connectivity index (χ1) is 11.4. The number of hydrogen-bond donors (Lipinski definition) is 1. The van der Waals surface area contributed by atoms with Gasteiger partial charge in [-0.05, 0) is 37.7 Å². The predicted octanol–water partition coefficient (Wildman–Crippen LogP) is 2.20. The molecule has 1 aliphatic rings. The van der Waals surface area contributed by atoms with Crippen molar-refractivity contribution >= 4 is 22.7 Å². The molecule has 128 valence electrons. The first-order valence-corrected chi connectivity index (χ1v) is 8.01. The Hall–Kier alpha value is -2.64. The maximum atomic E-state index is 12.2. The van der Waals surface area contributed by atoms with Crippen LogP contribution in [-0.2, 0) is 11.3 Å². The molecule has 0 spiro atoms. The Morgan fingerprint density at radius 1 is 1.38 bits per heavy atom. The van der Waals surface area contributed by atoms with Crippen molar-refractivity contribution in [1.29, 1.82) is 0 Å². The Kier molecular flexibility index (Phi) is 4.37. The number of fused-ring (bicyclic) bond motifs is 1. The van der Waals surface area contributed by atoms with Crippen LogP contribution in [0.5, 0.6) is 0 Å². The molecule has 0 bridgehead atoms. The second-order valence-corrected chi connectivity index (χ2v) is 6.39. The number of oxazole rings is 1. The number of carbonyl (C=O) groups is 1. The van der Waals surface area contributed by atoms with Crippen LogP contribution in [0.2, 0.25) is 0 Å². The summed E-state index contributed by atoms with van der Waals surface area (Å²) in [7, 11) is 0. The predicted molar refractivity (Wildman–Crippen MR) is 86.7 cm³/mol. The Morgan fingerprint density at radius 2 is 2.08 bits per heavy atom. The molecule has 1 amide bonds. The van der Waals surface area contributed by atoms with E-state index in [-0.39, 0.29) is 35.3 Å². The third-order valence-corrected chi connectivity index (χ3v) is 4.54. The van der Waals surface area contributed by atoms with Crippen LogP contribution in [0.25, 0.3) is 11.1 Å². The van der Waals surface area contributed by atoms with Crippen LogP contribution in [0.15, 0.2) is 27.4 Å². The molecule has 1 saturated carbocycles. The van der Waals surface area contributed by atoms with Gasteiger partial charge < -0.3 is 9.73 Å². The highest BCUT2D eigenvalue weighted by Crippen LogP contribution is 2.23. The maximum Gasteiger partial charge on any atom is 0.420 e. The van der Waals surface area contributed by atoms with Gasteiger partial charge in [-0.15, -0.1) is 0 Å². The number of hydrogen-bond acceptors (Lipinski definition) is 5. The van der Waals surface area contributed by atoms with Gasteiger partial charge in [-0.1, -0.05) is 6.92 Å². The van der Waals surface area contributed by atoms with E-state index in [2.05, 4.69) is 12.2 Å². The molecule has 1 aliphatic carbocycles. The van der Waals surface area contributed by atoms with E-state index >= 15 is 0 Å². The van der Waals surface area contributed by atoms with E-state index in [4.69, 9.17) is 4.42 Å². The molecular weight excluding hydrogens is 314 g/mol. The lowest BCUT2D eigenvalue weighted by Crippen LogP contribution is -2.40. The van der Waals surface area contributed by atoms with E-state index in [1.807, 2.05) is 0 Å². The summed E-state index contributed by atoms with van der Waals surface area (Å²) in [5, 5.41) is 13.8. The summed E-state index contributed by atoms with van der Waals surface area (Å²) in [6.07, 6.45) is 4.01. The second kappa shape index (κ2) is 6.46. The van der Waals surface area contributed by atoms with Gasteiger partial charge in [0.05, 0.1) is 10.4 Å². The normalized spacial score (nSPS) is 20.9. The molecule has 0 unspecified atom stereocenters. The summed E-state index contributed by atoms with van der Waals surface area (Å²) < 4.78 is 6.17. The number of rotatable bonds is 4. The molecule has 3 rings (SSSR count). The van der Waals surface area contributed by atoms with E-state index in [1.165, 1.54) is 18.2 Å². The van der Waals surface area contributed by atoms with Crippen LogP contribution in [0.4, 0.5) is 5.69 Å². The van der Waals surface area contributed by atoms with Crippen LogP contribution in [0, 0.1) is 16.0 Å². The van der Waals surface area contributed by atoms with Gasteiger partial charge in [0.15, 0.2) is 5.58 Å². The molecule has 0 saturated heterocycles. The molecule has 0 aliphatic heterocycles. The van der Waals surface area contributed by atoms with Gasteiger partial charge in [0.2, 0.25) is 5.91 Å². The molecule has 2 aromatic rings. The molecule has 8 heteroatoms. The first kappa shape index (κ1) is 16.2. The van der Waals surface area contributed by atoms with E-state index in [1.54, 1.807) is 0 Å². The Morgan fingerprint density at radius 3 is 2.75 bits per heavy atom. The number of non-ortho nitro benzene ring substituents is 1. The van der Waals surface area contributed by atoms with Crippen LogP contribution in [-0.4, -0.2) is 21.4 Å². The number of amides is 1. The fourth-order valence-corrected chi connectivity index (χ4v) is 3.14. The first-order valence-electron chi connectivity index (χ1n) is 8.01.